The Kier molecular flexibility index (Phi) is 4.17. The highest BCUT2D eigenvalue weighted by Gasteiger charge is 2.17. The van der Waals surface area contributed by atoms with Gasteiger partial charge in [-0.2, -0.15) is 0 Å². The van der Waals surface area contributed by atoms with Crippen LogP contribution in [0, 0.1) is 0 Å². The van der Waals surface area contributed by atoms with Crippen molar-refractivity contribution in [2.24, 2.45) is 0 Å². The fourth-order valence-electron chi connectivity index (χ4n) is 1.50. The highest BCUT2D eigenvalue weighted by atomic mass is 79.9. The summed E-state index contributed by atoms with van der Waals surface area (Å²) in [5.74, 6) is 0.781. The molecule has 1 atom stereocenters. The highest BCUT2D eigenvalue weighted by molar-refractivity contribution is 9.10. The SMILES string of the molecule is COc1ccc(C(Cl)c2ccoc2Br)cc1Br. The molecule has 0 aliphatic heterocycles. The van der Waals surface area contributed by atoms with Gasteiger partial charge < -0.3 is 9.15 Å². The Hall–Kier alpha value is -0.450. The van der Waals surface area contributed by atoms with Crippen molar-refractivity contribution in [3.05, 3.63) is 50.8 Å². The van der Waals surface area contributed by atoms with E-state index >= 15 is 0 Å². The molecule has 0 radical (unpaired) electrons. The Morgan fingerprint density at radius 2 is 2.06 bits per heavy atom. The lowest BCUT2D eigenvalue weighted by atomic mass is 10.1. The first-order valence-corrected chi connectivity index (χ1v) is 6.86. The summed E-state index contributed by atoms with van der Waals surface area (Å²) in [6.07, 6.45) is 1.60. The van der Waals surface area contributed by atoms with Gasteiger partial charge >= 0.3 is 0 Å². The van der Waals surface area contributed by atoms with Crippen LogP contribution < -0.4 is 4.74 Å². The molecule has 90 valence electrons. The third-order valence-corrected chi connectivity index (χ3v) is 4.14. The maximum Gasteiger partial charge on any atom is 0.173 e. The molecule has 1 aromatic carbocycles. The zero-order valence-electron chi connectivity index (χ0n) is 8.91. The Bertz CT molecular complexity index is 525. The number of halogens is 3. The fourth-order valence-corrected chi connectivity index (χ4v) is 2.97. The standard InChI is InChI=1S/C12H9Br2ClO2/c1-16-10-3-2-7(6-9(10)13)11(15)8-4-5-17-12(8)14/h2-6,11H,1H3. The normalized spacial score (nSPS) is 12.5. The molecule has 0 amide bonds. The average Bonchev–Trinajstić information content (AvgIpc) is 2.74. The molecule has 0 aliphatic carbocycles. The van der Waals surface area contributed by atoms with Gasteiger partial charge in [0.1, 0.15) is 5.75 Å². The first-order valence-electron chi connectivity index (χ1n) is 4.84. The third kappa shape index (κ3) is 2.69. The minimum atomic E-state index is -0.259. The first-order chi connectivity index (χ1) is 8.13. The van der Waals surface area contributed by atoms with Gasteiger partial charge in [-0.1, -0.05) is 6.07 Å². The molecule has 0 aliphatic rings. The summed E-state index contributed by atoms with van der Waals surface area (Å²) >= 11 is 13.2. The van der Waals surface area contributed by atoms with E-state index < -0.39 is 0 Å². The lowest BCUT2D eigenvalue weighted by Gasteiger charge is -2.10. The molecular formula is C12H9Br2ClO2. The quantitative estimate of drug-likeness (QED) is 0.688. The van der Waals surface area contributed by atoms with Crippen LogP contribution in [-0.4, -0.2) is 7.11 Å². The van der Waals surface area contributed by atoms with Crippen LogP contribution in [0.25, 0.3) is 0 Å². The van der Waals surface area contributed by atoms with Crippen LogP contribution in [0.3, 0.4) is 0 Å². The Morgan fingerprint density at radius 1 is 1.29 bits per heavy atom. The summed E-state index contributed by atoms with van der Waals surface area (Å²) in [7, 11) is 1.63. The van der Waals surface area contributed by atoms with E-state index in [0.717, 1.165) is 21.3 Å². The number of methoxy groups -OCH3 is 1. The zero-order valence-corrected chi connectivity index (χ0v) is 12.8. The van der Waals surface area contributed by atoms with E-state index in [4.69, 9.17) is 20.8 Å². The summed E-state index contributed by atoms with van der Waals surface area (Å²) in [4.78, 5) is 0. The molecule has 0 saturated heterocycles. The number of hydrogen-bond acceptors (Lipinski definition) is 2. The monoisotopic (exact) mass is 378 g/mol. The number of rotatable bonds is 3. The van der Waals surface area contributed by atoms with E-state index in [-0.39, 0.29) is 5.38 Å². The van der Waals surface area contributed by atoms with Crippen molar-refractivity contribution < 1.29 is 9.15 Å². The largest absolute Gasteiger partial charge is 0.496 e. The average molecular weight is 380 g/mol. The van der Waals surface area contributed by atoms with Gasteiger partial charge in [0.25, 0.3) is 0 Å². The molecule has 0 saturated carbocycles. The molecular weight excluding hydrogens is 371 g/mol. The minimum Gasteiger partial charge on any atom is -0.496 e. The Balaban J connectivity index is 2.35. The smallest absolute Gasteiger partial charge is 0.173 e. The maximum absolute atomic E-state index is 6.39. The number of furan rings is 1. The summed E-state index contributed by atoms with van der Waals surface area (Å²) in [5, 5.41) is -0.259. The molecule has 0 spiro atoms. The van der Waals surface area contributed by atoms with E-state index in [0.29, 0.717) is 4.67 Å². The maximum atomic E-state index is 6.39. The second-order valence-corrected chi connectivity index (χ2v) is 5.42. The lowest BCUT2D eigenvalue weighted by Crippen LogP contribution is -1.93. The van der Waals surface area contributed by atoms with Crippen molar-refractivity contribution in [1.29, 1.82) is 0 Å². The molecule has 5 heteroatoms. The third-order valence-electron chi connectivity index (χ3n) is 2.39. The molecule has 0 fully saturated rings. The van der Waals surface area contributed by atoms with Crippen molar-refractivity contribution in [2.75, 3.05) is 7.11 Å². The van der Waals surface area contributed by atoms with Gasteiger partial charge in [0.2, 0.25) is 0 Å². The van der Waals surface area contributed by atoms with Gasteiger partial charge in [0.05, 0.1) is 23.2 Å². The van der Waals surface area contributed by atoms with Crippen LogP contribution in [0.2, 0.25) is 0 Å². The summed E-state index contributed by atoms with van der Waals surface area (Å²) < 4.78 is 11.9. The molecule has 0 N–H and O–H groups in total. The van der Waals surface area contributed by atoms with Crippen LogP contribution >= 0.6 is 43.5 Å². The molecule has 1 unspecified atom stereocenters. The summed E-state index contributed by atoms with van der Waals surface area (Å²) in [6.45, 7) is 0. The number of ether oxygens (including phenoxy) is 1. The van der Waals surface area contributed by atoms with Crippen molar-refractivity contribution in [1.82, 2.24) is 0 Å². The second-order valence-electron chi connectivity index (χ2n) is 3.41. The fraction of sp³-hybridized carbons (Fsp3) is 0.167. The zero-order chi connectivity index (χ0) is 12.4. The van der Waals surface area contributed by atoms with Gasteiger partial charge in [-0.25, -0.2) is 0 Å². The van der Waals surface area contributed by atoms with Gasteiger partial charge in [-0.15, -0.1) is 11.6 Å². The highest BCUT2D eigenvalue weighted by Crippen LogP contribution is 2.37. The van der Waals surface area contributed by atoms with E-state index in [1.807, 2.05) is 24.3 Å². The van der Waals surface area contributed by atoms with E-state index in [1.165, 1.54) is 0 Å². The number of benzene rings is 1. The molecule has 2 aromatic rings. The van der Waals surface area contributed by atoms with Crippen LogP contribution in [0.5, 0.6) is 5.75 Å². The van der Waals surface area contributed by atoms with Crippen LogP contribution in [0.4, 0.5) is 0 Å². The van der Waals surface area contributed by atoms with Crippen molar-refractivity contribution >= 4 is 43.5 Å². The Labute approximate surface area is 121 Å². The number of alkyl halides is 1. The predicted molar refractivity (Wildman–Crippen MR) is 74.8 cm³/mol. The molecule has 1 heterocycles. The first kappa shape index (κ1) is 13.0. The van der Waals surface area contributed by atoms with Gasteiger partial charge in [-0.05, 0) is 55.6 Å². The number of hydrogen-bond donors (Lipinski definition) is 0. The van der Waals surface area contributed by atoms with Gasteiger partial charge in [0, 0.05) is 5.56 Å². The molecule has 2 nitrogen and oxygen atoms in total. The van der Waals surface area contributed by atoms with Crippen LogP contribution in [0.15, 0.2) is 44.1 Å². The van der Waals surface area contributed by atoms with E-state index in [2.05, 4.69) is 31.9 Å². The molecule has 1 aromatic heterocycles. The van der Waals surface area contributed by atoms with Crippen LogP contribution in [0.1, 0.15) is 16.5 Å². The Morgan fingerprint density at radius 3 is 2.59 bits per heavy atom. The lowest BCUT2D eigenvalue weighted by molar-refractivity contribution is 0.412. The van der Waals surface area contributed by atoms with Crippen LogP contribution in [-0.2, 0) is 0 Å². The minimum absolute atomic E-state index is 0.259. The second kappa shape index (κ2) is 5.46. The van der Waals surface area contributed by atoms with Gasteiger partial charge in [-0.3, -0.25) is 0 Å². The van der Waals surface area contributed by atoms with Crippen molar-refractivity contribution in [3.8, 4) is 5.75 Å². The van der Waals surface area contributed by atoms with Crippen molar-refractivity contribution in [3.63, 3.8) is 0 Å². The van der Waals surface area contributed by atoms with E-state index in [1.54, 1.807) is 13.4 Å². The molecule has 2 rings (SSSR count). The van der Waals surface area contributed by atoms with Gasteiger partial charge in [0.15, 0.2) is 4.67 Å². The predicted octanol–water partition coefficient (Wildman–Crippen LogP) is 5.14. The summed E-state index contributed by atoms with van der Waals surface area (Å²) in [5.41, 5.74) is 1.88. The van der Waals surface area contributed by atoms with E-state index in [9.17, 15) is 0 Å². The topological polar surface area (TPSA) is 22.4 Å². The molecule has 0 bridgehead atoms. The molecule has 17 heavy (non-hydrogen) atoms. The van der Waals surface area contributed by atoms with Crippen molar-refractivity contribution in [2.45, 2.75) is 5.38 Å². The summed E-state index contributed by atoms with van der Waals surface area (Å²) in [6, 6.07) is 7.60.